The van der Waals surface area contributed by atoms with Gasteiger partial charge in [-0.2, -0.15) is 0 Å². The predicted molar refractivity (Wildman–Crippen MR) is 141 cm³/mol. The van der Waals surface area contributed by atoms with Crippen molar-refractivity contribution in [2.45, 2.75) is 76.5 Å². The molecule has 0 bridgehead atoms. The Hall–Kier alpha value is -4.21. The van der Waals surface area contributed by atoms with Crippen molar-refractivity contribution >= 4 is 35.6 Å². The van der Waals surface area contributed by atoms with E-state index in [4.69, 9.17) is 22.9 Å². The van der Waals surface area contributed by atoms with E-state index < -0.39 is 53.8 Å². The third-order valence-electron chi connectivity index (χ3n) is 6.01. The van der Waals surface area contributed by atoms with Crippen LogP contribution in [0.15, 0.2) is 17.5 Å². The molecule has 39 heavy (non-hydrogen) atoms. The van der Waals surface area contributed by atoms with E-state index in [1.54, 1.807) is 13.8 Å². The number of carbonyl (C=O) groups is 5. The molecule has 0 aliphatic rings. The van der Waals surface area contributed by atoms with Crippen molar-refractivity contribution < 1.29 is 29.1 Å². The molecular weight excluding hydrogens is 512 g/mol. The molecule has 218 valence electrons. The number of hydrogen-bond acceptors (Lipinski definition) is 8. The number of amides is 4. The Kier molecular flexibility index (Phi) is 14.0. The number of guanidine groups is 1. The van der Waals surface area contributed by atoms with Gasteiger partial charge in [-0.1, -0.05) is 20.3 Å². The molecule has 1 heterocycles. The summed E-state index contributed by atoms with van der Waals surface area (Å²) in [6.07, 6.45) is 3.54. The first-order chi connectivity index (χ1) is 18.3. The van der Waals surface area contributed by atoms with Crippen molar-refractivity contribution in [1.82, 2.24) is 25.9 Å². The smallest absolute Gasteiger partial charge is 0.326 e. The van der Waals surface area contributed by atoms with Gasteiger partial charge in [0.1, 0.15) is 18.1 Å². The molecule has 16 nitrogen and oxygen atoms in total. The quantitative estimate of drug-likeness (QED) is 0.0511. The van der Waals surface area contributed by atoms with E-state index in [-0.39, 0.29) is 44.1 Å². The first-order valence-corrected chi connectivity index (χ1v) is 12.6. The van der Waals surface area contributed by atoms with Crippen LogP contribution in [0.25, 0.3) is 0 Å². The summed E-state index contributed by atoms with van der Waals surface area (Å²) in [7, 11) is 0. The summed E-state index contributed by atoms with van der Waals surface area (Å²) in [6.45, 7) is 3.65. The van der Waals surface area contributed by atoms with Crippen LogP contribution in [0.3, 0.4) is 0 Å². The summed E-state index contributed by atoms with van der Waals surface area (Å²) in [4.78, 5) is 72.5. The highest BCUT2D eigenvalue weighted by Crippen LogP contribution is 2.10. The van der Waals surface area contributed by atoms with Gasteiger partial charge in [-0.15, -0.1) is 0 Å². The number of aromatic amines is 1. The number of nitrogens with one attached hydrogen (secondary N) is 4. The van der Waals surface area contributed by atoms with Crippen molar-refractivity contribution in [3.05, 3.63) is 18.2 Å². The number of carboxylic acids is 1. The van der Waals surface area contributed by atoms with Crippen LogP contribution >= 0.6 is 0 Å². The summed E-state index contributed by atoms with van der Waals surface area (Å²) in [5, 5.41) is 17.2. The van der Waals surface area contributed by atoms with Crippen molar-refractivity contribution in [2.75, 3.05) is 6.54 Å². The van der Waals surface area contributed by atoms with Gasteiger partial charge in [0.15, 0.2) is 5.96 Å². The SMILES string of the molecule is CCC(C)C(NC(=O)C(Cc1cnc[nH]1)NC(=O)C(CCCN=C(N)N)NC(=O)C(N)CCC(N)=O)C(=O)O. The molecule has 1 aromatic heterocycles. The number of imidazole rings is 1. The average Bonchev–Trinajstić information content (AvgIpc) is 3.39. The highest BCUT2D eigenvalue weighted by Gasteiger charge is 2.32. The van der Waals surface area contributed by atoms with Crippen LogP contribution in [0, 0.1) is 5.92 Å². The van der Waals surface area contributed by atoms with Crippen LogP contribution in [0.2, 0.25) is 0 Å². The Balaban J connectivity index is 3.11. The minimum absolute atomic E-state index is 0.0272. The van der Waals surface area contributed by atoms with Crippen LogP contribution < -0.4 is 38.9 Å². The van der Waals surface area contributed by atoms with Crippen molar-refractivity contribution in [2.24, 2.45) is 33.8 Å². The molecule has 0 fully saturated rings. The lowest BCUT2D eigenvalue weighted by Gasteiger charge is -2.26. The highest BCUT2D eigenvalue weighted by molar-refractivity contribution is 5.94. The maximum absolute atomic E-state index is 13.3. The van der Waals surface area contributed by atoms with Gasteiger partial charge in [-0.25, -0.2) is 9.78 Å². The molecule has 5 unspecified atom stereocenters. The van der Waals surface area contributed by atoms with Crippen molar-refractivity contribution in [3.63, 3.8) is 0 Å². The number of rotatable bonds is 18. The summed E-state index contributed by atoms with van der Waals surface area (Å²) < 4.78 is 0. The molecule has 0 aliphatic carbocycles. The Labute approximate surface area is 226 Å². The van der Waals surface area contributed by atoms with E-state index in [9.17, 15) is 29.1 Å². The molecule has 0 radical (unpaired) electrons. The van der Waals surface area contributed by atoms with Gasteiger partial charge in [0.25, 0.3) is 0 Å². The minimum atomic E-state index is -1.21. The van der Waals surface area contributed by atoms with E-state index in [0.29, 0.717) is 18.5 Å². The molecular formula is C23H40N10O6. The number of aliphatic carboxylic acids is 1. The summed E-state index contributed by atoms with van der Waals surface area (Å²) >= 11 is 0. The molecule has 0 spiro atoms. The number of carboxylic acid groups (broad SMARTS) is 1. The maximum atomic E-state index is 13.3. The summed E-state index contributed by atoms with van der Waals surface area (Å²) in [5.41, 5.74) is 22.1. The molecule has 0 saturated carbocycles. The highest BCUT2D eigenvalue weighted by atomic mass is 16.4. The fourth-order valence-electron chi connectivity index (χ4n) is 3.51. The molecule has 1 rings (SSSR count). The summed E-state index contributed by atoms with van der Waals surface area (Å²) in [6, 6.07) is -4.64. The minimum Gasteiger partial charge on any atom is -0.480 e. The van der Waals surface area contributed by atoms with Gasteiger partial charge in [-0.05, 0) is 25.2 Å². The lowest BCUT2D eigenvalue weighted by molar-refractivity contribution is -0.143. The number of hydrogen-bond donors (Lipinski definition) is 9. The van der Waals surface area contributed by atoms with Crippen LogP contribution in [0.4, 0.5) is 0 Å². The van der Waals surface area contributed by atoms with Crippen molar-refractivity contribution in [1.29, 1.82) is 0 Å². The maximum Gasteiger partial charge on any atom is 0.326 e. The first-order valence-electron chi connectivity index (χ1n) is 12.6. The van der Waals surface area contributed by atoms with Gasteiger partial charge in [0.2, 0.25) is 23.6 Å². The fraction of sp³-hybridized carbons (Fsp3) is 0.609. The second kappa shape index (κ2) is 16.6. The molecule has 1 aromatic rings. The third kappa shape index (κ3) is 12.3. The van der Waals surface area contributed by atoms with E-state index in [1.165, 1.54) is 12.5 Å². The fourth-order valence-corrected chi connectivity index (χ4v) is 3.51. The largest absolute Gasteiger partial charge is 0.480 e. The van der Waals surface area contributed by atoms with Gasteiger partial charge < -0.3 is 49.0 Å². The first kappa shape index (κ1) is 32.8. The number of carbonyl (C=O) groups excluding carboxylic acids is 4. The zero-order chi connectivity index (χ0) is 29.5. The average molecular weight is 553 g/mol. The van der Waals surface area contributed by atoms with Crippen LogP contribution in [-0.2, 0) is 30.4 Å². The third-order valence-corrected chi connectivity index (χ3v) is 6.01. The van der Waals surface area contributed by atoms with Crippen LogP contribution in [0.5, 0.6) is 0 Å². The van der Waals surface area contributed by atoms with Crippen molar-refractivity contribution in [3.8, 4) is 0 Å². The monoisotopic (exact) mass is 552 g/mol. The molecule has 0 saturated heterocycles. The van der Waals surface area contributed by atoms with Gasteiger partial charge >= 0.3 is 5.97 Å². The molecule has 0 aromatic carbocycles. The number of nitrogens with two attached hydrogens (primary N) is 4. The number of H-pyrrole nitrogens is 1. The Morgan fingerprint density at radius 2 is 1.67 bits per heavy atom. The van der Waals surface area contributed by atoms with E-state index >= 15 is 0 Å². The normalized spacial score (nSPS) is 14.6. The molecule has 16 heteroatoms. The molecule has 5 atom stereocenters. The Morgan fingerprint density at radius 3 is 2.21 bits per heavy atom. The molecule has 13 N–H and O–H groups in total. The zero-order valence-corrected chi connectivity index (χ0v) is 22.2. The number of primary amides is 1. The number of nitrogens with zero attached hydrogens (tertiary/aromatic N) is 2. The number of aromatic nitrogens is 2. The van der Waals surface area contributed by atoms with E-state index in [2.05, 4.69) is 30.9 Å². The molecule has 4 amide bonds. The van der Waals surface area contributed by atoms with Gasteiger partial charge in [0, 0.05) is 31.3 Å². The van der Waals surface area contributed by atoms with Crippen LogP contribution in [-0.4, -0.2) is 81.3 Å². The molecule has 0 aliphatic heterocycles. The van der Waals surface area contributed by atoms with Crippen LogP contribution in [0.1, 0.15) is 51.6 Å². The topological polar surface area (TPSA) is 287 Å². The second-order valence-corrected chi connectivity index (χ2v) is 9.17. The standard InChI is InChI=1S/C23H40N10O6/c1-3-12(2)18(22(38)39)33-21(37)16(9-13-10-28-11-30-13)32-20(36)15(5-4-8-29-23(26)27)31-19(35)14(24)6-7-17(25)34/h10-12,14-16,18H,3-9,24H2,1-2H3,(H2,25,34)(H,28,30)(H,31,35)(H,32,36)(H,33,37)(H,38,39)(H4,26,27,29). The Morgan fingerprint density at radius 1 is 1.03 bits per heavy atom. The van der Waals surface area contributed by atoms with Gasteiger partial charge in [0.05, 0.1) is 12.4 Å². The van der Waals surface area contributed by atoms with E-state index in [0.717, 1.165) is 0 Å². The van der Waals surface area contributed by atoms with Gasteiger partial charge in [-0.3, -0.25) is 24.2 Å². The lowest BCUT2D eigenvalue weighted by atomic mass is 9.98. The number of aliphatic imine (C=N–C) groups is 1. The Bertz CT molecular complexity index is 996. The lowest BCUT2D eigenvalue weighted by Crippen LogP contribution is -2.58. The summed E-state index contributed by atoms with van der Waals surface area (Å²) in [5.74, 6) is -4.50. The predicted octanol–water partition coefficient (Wildman–Crippen LogP) is -2.82. The zero-order valence-electron chi connectivity index (χ0n) is 22.2. The van der Waals surface area contributed by atoms with E-state index in [1.807, 2.05) is 0 Å². The second-order valence-electron chi connectivity index (χ2n) is 9.17.